The summed E-state index contributed by atoms with van der Waals surface area (Å²) in [5.41, 5.74) is 2.51. The van der Waals surface area contributed by atoms with Crippen LogP contribution in [0.3, 0.4) is 0 Å². The van der Waals surface area contributed by atoms with Gasteiger partial charge >= 0.3 is 6.61 Å². The Balaban J connectivity index is 1.33. The Morgan fingerprint density at radius 3 is 2.59 bits per heavy atom. The predicted molar refractivity (Wildman–Crippen MR) is 135 cm³/mol. The van der Waals surface area contributed by atoms with Gasteiger partial charge in [-0.2, -0.15) is 8.78 Å². The van der Waals surface area contributed by atoms with Gasteiger partial charge in [-0.1, -0.05) is 31.0 Å². The van der Waals surface area contributed by atoms with Gasteiger partial charge in [0.1, 0.15) is 5.75 Å². The maximum absolute atomic E-state index is 14.0. The molecule has 2 aliphatic heterocycles. The Labute approximate surface area is 215 Å². The first-order valence-corrected chi connectivity index (χ1v) is 13.0. The molecule has 1 aliphatic carbocycles. The summed E-state index contributed by atoms with van der Waals surface area (Å²) in [6.07, 6.45) is 4.21. The van der Waals surface area contributed by atoms with E-state index in [0.717, 1.165) is 43.4 Å². The van der Waals surface area contributed by atoms with E-state index in [4.69, 9.17) is 4.74 Å². The van der Waals surface area contributed by atoms with Crippen LogP contribution in [0.2, 0.25) is 0 Å². The third-order valence-corrected chi connectivity index (χ3v) is 7.95. The van der Waals surface area contributed by atoms with Crippen LogP contribution in [0.1, 0.15) is 54.1 Å². The van der Waals surface area contributed by atoms with E-state index in [1.807, 2.05) is 17.0 Å². The smallest absolute Gasteiger partial charge is 0.387 e. The summed E-state index contributed by atoms with van der Waals surface area (Å²) in [4.78, 5) is 29.1. The van der Waals surface area contributed by atoms with Crippen molar-refractivity contribution in [3.05, 3.63) is 59.7 Å². The zero-order valence-electron chi connectivity index (χ0n) is 20.9. The highest BCUT2D eigenvalue weighted by atomic mass is 19.3. The Hall–Kier alpha value is -3.20. The van der Waals surface area contributed by atoms with Crippen LogP contribution < -0.4 is 15.4 Å². The van der Waals surface area contributed by atoms with Gasteiger partial charge in [-0.15, -0.1) is 0 Å². The van der Waals surface area contributed by atoms with Crippen LogP contribution in [0.4, 0.5) is 14.5 Å². The van der Waals surface area contributed by atoms with E-state index < -0.39 is 6.61 Å². The van der Waals surface area contributed by atoms with E-state index >= 15 is 0 Å². The predicted octanol–water partition coefficient (Wildman–Crippen LogP) is 4.61. The Morgan fingerprint density at radius 2 is 1.84 bits per heavy atom. The number of para-hydroxylation sites is 1. The van der Waals surface area contributed by atoms with Gasteiger partial charge in [-0.05, 0) is 55.2 Å². The number of amides is 2. The standard InChI is InChI=1S/C28H33F2N3O4/c1-36-16-24-20-14-15-33(25(20)19-6-2-4-8-22(19)31-24)27(35)21-7-3-5-9-23(21)32-26(34)17-10-12-18(13-11-17)37-28(29)30/h2,4,6,8,10-13,20-21,23-25,28,31H,3,5,7,9,14-16H2,1H3,(H,32,34)/t20-,21+,23-,24+,25+/m1/s1. The number of hydrogen-bond donors (Lipinski definition) is 2. The van der Waals surface area contributed by atoms with Crippen LogP contribution in [0.5, 0.6) is 5.75 Å². The molecule has 198 valence electrons. The molecule has 0 unspecified atom stereocenters. The van der Waals surface area contributed by atoms with Crippen molar-refractivity contribution in [2.45, 2.75) is 56.8 Å². The van der Waals surface area contributed by atoms with Crippen molar-refractivity contribution in [3.63, 3.8) is 0 Å². The SMILES string of the molecule is COC[C@@H]1Nc2ccccc2[C@H]2[C@@H]1CCN2C(=O)[C@H]1CCCC[C@H]1NC(=O)c1ccc(OC(F)F)cc1. The van der Waals surface area contributed by atoms with E-state index in [2.05, 4.69) is 27.5 Å². The quantitative estimate of drug-likeness (QED) is 0.566. The van der Waals surface area contributed by atoms with E-state index in [0.29, 0.717) is 18.7 Å². The molecule has 1 saturated carbocycles. The molecule has 2 fully saturated rings. The summed E-state index contributed by atoms with van der Waals surface area (Å²) in [5.74, 6) is -0.286. The molecule has 2 amide bonds. The molecule has 2 aromatic carbocycles. The van der Waals surface area contributed by atoms with Crippen LogP contribution in [0.25, 0.3) is 0 Å². The Morgan fingerprint density at radius 1 is 1.08 bits per heavy atom. The van der Waals surface area contributed by atoms with E-state index in [-0.39, 0.29) is 47.5 Å². The maximum atomic E-state index is 14.0. The fourth-order valence-electron chi connectivity index (χ4n) is 6.27. The number of halogens is 2. The number of ether oxygens (including phenoxy) is 2. The number of carbonyl (C=O) groups excluding carboxylic acids is 2. The highest BCUT2D eigenvalue weighted by Crippen LogP contribution is 2.47. The highest BCUT2D eigenvalue weighted by molar-refractivity contribution is 5.95. The Bertz CT molecular complexity index is 1110. The number of methoxy groups -OCH3 is 1. The molecule has 1 saturated heterocycles. The van der Waals surface area contributed by atoms with Gasteiger partial charge in [0.05, 0.1) is 24.6 Å². The number of rotatable bonds is 7. The summed E-state index contributed by atoms with van der Waals surface area (Å²) in [5, 5.41) is 6.67. The number of alkyl halides is 2. The van der Waals surface area contributed by atoms with Gasteiger partial charge < -0.3 is 25.0 Å². The van der Waals surface area contributed by atoms with Crippen LogP contribution in [-0.4, -0.2) is 55.7 Å². The molecule has 0 radical (unpaired) electrons. The molecule has 2 N–H and O–H groups in total. The summed E-state index contributed by atoms with van der Waals surface area (Å²) in [7, 11) is 1.70. The lowest BCUT2D eigenvalue weighted by molar-refractivity contribution is -0.139. The molecule has 9 heteroatoms. The second kappa shape index (κ2) is 11.0. The number of fused-ring (bicyclic) bond motifs is 3. The summed E-state index contributed by atoms with van der Waals surface area (Å²) >= 11 is 0. The fraction of sp³-hybridized carbons (Fsp3) is 0.500. The average molecular weight is 514 g/mol. The minimum Gasteiger partial charge on any atom is -0.435 e. The van der Waals surface area contributed by atoms with Crippen molar-refractivity contribution in [2.24, 2.45) is 11.8 Å². The number of anilines is 1. The first kappa shape index (κ1) is 25.4. The van der Waals surface area contributed by atoms with Gasteiger partial charge in [-0.25, -0.2) is 0 Å². The second-order valence-electron chi connectivity index (χ2n) is 10.1. The molecule has 3 aliphatic rings. The summed E-state index contributed by atoms with van der Waals surface area (Å²) in [6, 6.07) is 13.6. The van der Waals surface area contributed by atoms with Gasteiger partial charge in [0.25, 0.3) is 5.91 Å². The van der Waals surface area contributed by atoms with Crippen molar-refractivity contribution in [2.75, 3.05) is 25.6 Å². The summed E-state index contributed by atoms with van der Waals surface area (Å²) < 4.78 is 34.7. The topological polar surface area (TPSA) is 79.9 Å². The molecule has 5 rings (SSSR count). The number of nitrogens with one attached hydrogen (secondary N) is 2. The van der Waals surface area contributed by atoms with Crippen LogP contribution >= 0.6 is 0 Å². The molecule has 7 nitrogen and oxygen atoms in total. The third kappa shape index (κ3) is 5.28. The molecule has 0 aromatic heterocycles. The molecule has 0 spiro atoms. The highest BCUT2D eigenvalue weighted by Gasteiger charge is 2.48. The lowest BCUT2D eigenvalue weighted by atomic mass is 9.81. The van der Waals surface area contributed by atoms with Gasteiger partial charge in [-0.3, -0.25) is 9.59 Å². The van der Waals surface area contributed by atoms with Gasteiger partial charge in [0.2, 0.25) is 5.91 Å². The van der Waals surface area contributed by atoms with Crippen molar-refractivity contribution < 1.29 is 27.8 Å². The minimum absolute atomic E-state index is 0.00473. The van der Waals surface area contributed by atoms with E-state index in [9.17, 15) is 18.4 Å². The van der Waals surface area contributed by atoms with Gasteiger partial charge in [0, 0.05) is 36.9 Å². The van der Waals surface area contributed by atoms with Crippen LogP contribution in [-0.2, 0) is 9.53 Å². The number of benzene rings is 2. The third-order valence-electron chi connectivity index (χ3n) is 7.95. The molecular weight excluding hydrogens is 480 g/mol. The average Bonchev–Trinajstić information content (AvgIpc) is 3.35. The molecule has 2 aromatic rings. The largest absolute Gasteiger partial charge is 0.435 e. The zero-order chi connectivity index (χ0) is 25.9. The van der Waals surface area contributed by atoms with Crippen molar-refractivity contribution >= 4 is 17.5 Å². The monoisotopic (exact) mass is 513 g/mol. The van der Waals surface area contributed by atoms with Gasteiger partial charge in [0.15, 0.2) is 0 Å². The number of hydrogen-bond acceptors (Lipinski definition) is 5. The zero-order valence-corrected chi connectivity index (χ0v) is 20.9. The number of carbonyl (C=O) groups is 2. The summed E-state index contributed by atoms with van der Waals surface area (Å²) in [6.45, 7) is -1.68. The molecular formula is C28H33F2N3O4. The second-order valence-corrected chi connectivity index (χ2v) is 10.1. The molecule has 5 atom stereocenters. The number of nitrogens with zero attached hydrogens (tertiary/aromatic N) is 1. The maximum Gasteiger partial charge on any atom is 0.387 e. The van der Waals surface area contributed by atoms with Crippen molar-refractivity contribution in [1.29, 1.82) is 0 Å². The normalized spacial score (nSPS) is 26.7. The fourth-order valence-corrected chi connectivity index (χ4v) is 6.27. The lowest BCUT2D eigenvalue weighted by Gasteiger charge is -2.41. The number of likely N-dealkylation sites (tertiary alicyclic amines) is 1. The molecule has 0 bridgehead atoms. The molecule has 37 heavy (non-hydrogen) atoms. The minimum atomic E-state index is -2.92. The van der Waals surface area contributed by atoms with Crippen molar-refractivity contribution in [1.82, 2.24) is 10.2 Å². The van der Waals surface area contributed by atoms with E-state index in [1.54, 1.807) is 7.11 Å². The van der Waals surface area contributed by atoms with Crippen LogP contribution in [0.15, 0.2) is 48.5 Å². The lowest BCUT2D eigenvalue weighted by Crippen LogP contribution is -2.50. The van der Waals surface area contributed by atoms with Crippen molar-refractivity contribution in [3.8, 4) is 5.75 Å². The first-order valence-electron chi connectivity index (χ1n) is 13.0. The first-order chi connectivity index (χ1) is 18.0. The Kier molecular flexibility index (Phi) is 7.60. The van der Waals surface area contributed by atoms with Crippen LogP contribution in [0, 0.1) is 11.8 Å². The van der Waals surface area contributed by atoms with E-state index in [1.165, 1.54) is 24.3 Å². The molecule has 2 heterocycles.